The number of unbranched alkanes of at least 4 members (excludes halogenated alkanes) is 1. The molecule has 0 aromatic rings. The minimum absolute atomic E-state index is 0.344. The standard InChI is InChI=1S/C4H10O.C3H9ClSi/c1-2-3-4-5;1-5(2,3)4/h5H,2-4H2,1H3;1-3H3. The average Bonchev–Trinajstić information content (AvgIpc) is 1.63. The first-order valence-electron chi connectivity index (χ1n) is 3.71. The summed E-state index contributed by atoms with van der Waals surface area (Å²) in [6, 6.07) is 0. The van der Waals surface area contributed by atoms with E-state index in [1.807, 2.05) is 0 Å². The quantitative estimate of drug-likeness (QED) is 0.515. The van der Waals surface area contributed by atoms with Crippen LogP contribution in [0.15, 0.2) is 0 Å². The molecule has 0 rings (SSSR count). The third-order valence-corrected chi connectivity index (χ3v) is 0.512. The third-order valence-electron chi connectivity index (χ3n) is 0.512. The van der Waals surface area contributed by atoms with E-state index in [9.17, 15) is 0 Å². The van der Waals surface area contributed by atoms with Gasteiger partial charge in [0.25, 0.3) is 0 Å². The average molecular weight is 183 g/mol. The summed E-state index contributed by atoms with van der Waals surface area (Å²) in [4.78, 5) is 0. The monoisotopic (exact) mass is 182 g/mol. The Hall–Kier alpha value is 0.467. The molecule has 0 saturated carbocycles. The van der Waals surface area contributed by atoms with Crippen LogP contribution in [0.1, 0.15) is 19.8 Å². The van der Waals surface area contributed by atoms with Crippen molar-refractivity contribution in [1.29, 1.82) is 0 Å². The van der Waals surface area contributed by atoms with E-state index in [0.717, 1.165) is 12.8 Å². The van der Waals surface area contributed by atoms with E-state index in [1.165, 1.54) is 0 Å². The number of hydrogen-bond donors (Lipinski definition) is 1. The van der Waals surface area contributed by atoms with Crippen molar-refractivity contribution in [3.63, 3.8) is 0 Å². The van der Waals surface area contributed by atoms with Gasteiger partial charge in [-0.15, -0.1) is 0 Å². The predicted octanol–water partition coefficient (Wildman–Crippen LogP) is 2.84. The molecular weight excluding hydrogens is 164 g/mol. The number of aliphatic hydroxyl groups is 1. The summed E-state index contributed by atoms with van der Waals surface area (Å²) in [5.74, 6) is 0. The second-order valence-electron chi connectivity index (χ2n) is 3.14. The molecule has 0 aromatic carbocycles. The van der Waals surface area contributed by atoms with Gasteiger partial charge in [0.1, 0.15) is 7.38 Å². The fraction of sp³-hybridized carbons (Fsp3) is 1.00. The van der Waals surface area contributed by atoms with Gasteiger partial charge in [-0.05, 0) is 6.42 Å². The number of aliphatic hydroxyl groups excluding tert-OH is 1. The zero-order chi connectivity index (χ0) is 8.62. The van der Waals surface area contributed by atoms with Gasteiger partial charge in [-0.25, -0.2) is 0 Å². The SMILES string of the molecule is CCCCO.C[Si](C)(C)Cl. The smallest absolute Gasteiger partial charge is 0.147 e. The van der Waals surface area contributed by atoms with Crippen molar-refractivity contribution in [1.82, 2.24) is 0 Å². The molecule has 0 aliphatic heterocycles. The summed E-state index contributed by atoms with van der Waals surface area (Å²) >= 11 is 5.67. The molecule has 0 fully saturated rings. The number of halogens is 1. The Bertz CT molecular complexity index is 53.1. The Balaban J connectivity index is 0. The van der Waals surface area contributed by atoms with E-state index in [-0.39, 0.29) is 0 Å². The fourth-order valence-electron chi connectivity index (χ4n) is 0.158. The summed E-state index contributed by atoms with van der Waals surface area (Å²) in [7, 11) is -1.14. The summed E-state index contributed by atoms with van der Waals surface area (Å²) in [5, 5.41) is 8.07. The van der Waals surface area contributed by atoms with Crippen LogP contribution in [0.3, 0.4) is 0 Å². The van der Waals surface area contributed by atoms with Crippen LogP contribution >= 0.6 is 11.1 Å². The van der Waals surface area contributed by atoms with Crippen LogP contribution in [-0.2, 0) is 0 Å². The first kappa shape index (κ1) is 13.1. The lowest BCUT2D eigenvalue weighted by Gasteiger charge is -1.97. The zero-order valence-corrected chi connectivity index (χ0v) is 9.20. The van der Waals surface area contributed by atoms with E-state index in [1.54, 1.807) is 0 Å². The molecule has 0 aromatic heterocycles. The normalized spacial score (nSPS) is 10.2. The van der Waals surface area contributed by atoms with Crippen LogP contribution in [0.4, 0.5) is 0 Å². The Morgan fingerprint density at radius 2 is 1.60 bits per heavy atom. The molecule has 64 valence electrons. The van der Waals surface area contributed by atoms with Gasteiger partial charge in [-0.3, -0.25) is 0 Å². The zero-order valence-electron chi connectivity index (χ0n) is 7.45. The van der Waals surface area contributed by atoms with Gasteiger partial charge in [0.05, 0.1) is 0 Å². The maximum Gasteiger partial charge on any atom is 0.147 e. The molecule has 0 saturated heterocycles. The highest BCUT2D eigenvalue weighted by molar-refractivity contribution is 7.18. The lowest BCUT2D eigenvalue weighted by molar-refractivity contribution is 0.287. The van der Waals surface area contributed by atoms with Gasteiger partial charge in [0, 0.05) is 6.61 Å². The highest BCUT2D eigenvalue weighted by Crippen LogP contribution is 2.03. The molecular formula is C7H19ClOSi. The van der Waals surface area contributed by atoms with Gasteiger partial charge < -0.3 is 5.11 Å². The van der Waals surface area contributed by atoms with E-state index in [4.69, 9.17) is 16.2 Å². The van der Waals surface area contributed by atoms with Gasteiger partial charge in [0.2, 0.25) is 0 Å². The van der Waals surface area contributed by atoms with Gasteiger partial charge >= 0.3 is 0 Å². The van der Waals surface area contributed by atoms with E-state index in [0.29, 0.717) is 6.61 Å². The van der Waals surface area contributed by atoms with Crippen LogP contribution in [0.2, 0.25) is 19.6 Å². The molecule has 3 heteroatoms. The Kier molecular flexibility index (Phi) is 9.91. The van der Waals surface area contributed by atoms with Crippen molar-refractivity contribution in [3.05, 3.63) is 0 Å². The molecule has 0 atom stereocenters. The lowest BCUT2D eigenvalue weighted by atomic mass is 10.4. The second kappa shape index (κ2) is 7.57. The van der Waals surface area contributed by atoms with Crippen molar-refractivity contribution in [2.24, 2.45) is 0 Å². The lowest BCUT2D eigenvalue weighted by Crippen LogP contribution is -2.06. The third kappa shape index (κ3) is 77.6. The maximum absolute atomic E-state index is 8.07. The van der Waals surface area contributed by atoms with Crippen molar-refractivity contribution >= 4 is 18.5 Å². The maximum atomic E-state index is 8.07. The minimum atomic E-state index is -1.14. The van der Waals surface area contributed by atoms with Crippen LogP contribution in [0.25, 0.3) is 0 Å². The van der Waals surface area contributed by atoms with E-state index in [2.05, 4.69) is 26.6 Å². The van der Waals surface area contributed by atoms with E-state index < -0.39 is 7.38 Å². The van der Waals surface area contributed by atoms with Crippen LogP contribution in [0, 0.1) is 0 Å². The molecule has 0 bridgehead atoms. The van der Waals surface area contributed by atoms with Gasteiger partial charge in [0.15, 0.2) is 0 Å². The number of rotatable bonds is 2. The highest BCUT2D eigenvalue weighted by Gasteiger charge is 2.04. The van der Waals surface area contributed by atoms with Crippen molar-refractivity contribution < 1.29 is 5.11 Å². The molecule has 0 amide bonds. The topological polar surface area (TPSA) is 20.2 Å². The van der Waals surface area contributed by atoms with Gasteiger partial charge in [-0.1, -0.05) is 33.0 Å². The highest BCUT2D eigenvalue weighted by atomic mass is 35.6. The Morgan fingerprint density at radius 3 is 1.60 bits per heavy atom. The summed E-state index contributed by atoms with van der Waals surface area (Å²) in [6.45, 7) is 8.67. The molecule has 0 aliphatic rings. The van der Waals surface area contributed by atoms with E-state index >= 15 is 0 Å². The summed E-state index contributed by atoms with van der Waals surface area (Å²) < 4.78 is 0. The molecule has 0 unspecified atom stereocenters. The minimum Gasteiger partial charge on any atom is -0.396 e. The van der Waals surface area contributed by atoms with Crippen LogP contribution < -0.4 is 0 Å². The van der Waals surface area contributed by atoms with Crippen molar-refractivity contribution in [2.45, 2.75) is 39.4 Å². The Morgan fingerprint density at radius 1 is 1.30 bits per heavy atom. The Labute approximate surface area is 70.1 Å². The molecule has 0 aliphatic carbocycles. The first-order chi connectivity index (χ1) is 4.41. The molecule has 0 spiro atoms. The fourth-order valence-corrected chi connectivity index (χ4v) is 0.158. The van der Waals surface area contributed by atoms with Crippen LogP contribution in [-0.4, -0.2) is 19.1 Å². The molecule has 0 heterocycles. The van der Waals surface area contributed by atoms with Crippen LogP contribution in [0.5, 0.6) is 0 Å². The first-order valence-corrected chi connectivity index (χ1v) is 8.22. The van der Waals surface area contributed by atoms with Crippen molar-refractivity contribution in [2.75, 3.05) is 6.61 Å². The molecule has 1 nitrogen and oxygen atoms in total. The second-order valence-corrected chi connectivity index (χ2v) is 10.7. The molecule has 10 heavy (non-hydrogen) atoms. The number of hydrogen-bond acceptors (Lipinski definition) is 1. The molecule has 1 N–H and O–H groups in total. The van der Waals surface area contributed by atoms with Gasteiger partial charge in [-0.2, -0.15) is 11.1 Å². The summed E-state index contributed by atoms with van der Waals surface area (Å²) in [6.07, 6.45) is 2.04. The largest absolute Gasteiger partial charge is 0.396 e. The summed E-state index contributed by atoms with van der Waals surface area (Å²) in [5.41, 5.74) is 0. The predicted molar refractivity (Wildman–Crippen MR) is 51.2 cm³/mol. The molecule has 0 radical (unpaired) electrons. The van der Waals surface area contributed by atoms with Crippen molar-refractivity contribution in [3.8, 4) is 0 Å².